The van der Waals surface area contributed by atoms with Crippen LogP contribution in [0.25, 0.3) is 0 Å². The normalized spacial score (nSPS) is 13.2. The van der Waals surface area contributed by atoms with Crippen LogP contribution >= 0.6 is 0 Å². The summed E-state index contributed by atoms with van der Waals surface area (Å²) in [5, 5.41) is 11.8. The molecule has 2 atom stereocenters. The number of hydrogen-bond donors (Lipinski definition) is 0. The predicted molar refractivity (Wildman–Crippen MR) is 315 cm³/mol. The van der Waals surface area contributed by atoms with Crippen molar-refractivity contribution >= 4 is 17.9 Å². The first-order valence-corrected chi connectivity index (χ1v) is 31.1. The smallest absolute Gasteiger partial charge is 0.306 e. The van der Waals surface area contributed by atoms with Crippen LogP contribution in [0.3, 0.4) is 0 Å². The molecule has 0 spiro atoms. The van der Waals surface area contributed by atoms with Gasteiger partial charge in [0.15, 0.2) is 12.4 Å². The number of carboxylic acid groups (broad SMARTS) is 1. The number of esters is 2. The number of quaternary nitrogens is 1. The maximum Gasteiger partial charge on any atom is 0.306 e. The predicted octanol–water partition coefficient (Wildman–Crippen LogP) is 17.2. The number of ether oxygens (including phenoxy) is 4. The van der Waals surface area contributed by atoms with Gasteiger partial charge in [-0.1, -0.05) is 247 Å². The van der Waals surface area contributed by atoms with Gasteiger partial charge >= 0.3 is 11.9 Å². The largest absolute Gasteiger partial charge is 0.545 e. The molecule has 0 aliphatic carbocycles. The number of aliphatic carboxylic acids is 1. The van der Waals surface area contributed by atoms with E-state index in [9.17, 15) is 19.5 Å². The average molecular weight is 1050 g/mol. The van der Waals surface area contributed by atoms with Crippen molar-refractivity contribution in [2.24, 2.45) is 0 Å². The second-order valence-corrected chi connectivity index (χ2v) is 22.0. The summed E-state index contributed by atoms with van der Waals surface area (Å²) in [5.41, 5.74) is 0. The van der Waals surface area contributed by atoms with E-state index in [-0.39, 0.29) is 38.6 Å². The van der Waals surface area contributed by atoms with Crippen molar-refractivity contribution < 1.29 is 42.9 Å². The lowest BCUT2D eigenvalue weighted by molar-refractivity contribution is -0.870. The van der Waals surface area contributed by atoms with E-state index in [1.165, 1.54) is 167 Å². The molecule has 0 rings (SSSR count). The van der Waals surface area contributed by atoms with Crippen LogP contribution in [-0.4, -0.2) is 82.3 Å². The van der Waals surface area contributed by atoms with Crippen molar-refractivity contribution in [2.45, 2.75) is 283 Å². The minimum atomic E-state index is -1.62. The molecule has 0 fully saturated rings. The van der Waals surface area contributed by atoms with Crippen molar-refractivity contribution in [3.05, 3.63) is 72.9 Å². The molecule has 75 heavy (non-hydrogen) atoms. The number of carbonyl (C=O) groups is 3. The van der Waals surface area contributed by atoms with Gasteiger partial charge in [0.05, 0.1) is 40.3 Å². The lowest BCUT2D eigenvalue weighted by atomic mass is 10.0. The Morgan fingerprint density at radius 1 is 0.413 bits per heavy atom. The van der Waals surface area contributed by atoms with Gasteiger partial charge in [0.1, 0.15) is 13.2 Å². The number of hydrogen-bond acceptors (Lipinski definition) is 8. The van der Waals surface area contributed by atoms with Gasteiger partial charge in [0, 0.05) is 12.8 Å². The Bertz CT molecular complexity index is 1460. The zero-order chi connectivity index (χ0) is 54.8. The summed E-state index contributed by atoms with van der Waals surface area (Å²) in [4.78, 5) is 37.3. The molecule has 434 valence electrons. The lowest BCUT2D eigenvalue weighted by Gasteiger charge is -2.26. The Hall–Kier alpha value is -3.27. The van der Waals surface area contributed by atoms with Crippen molar-refractivity contribution in [3.63, 3.8) is 0 Å². The van der Waals surface area contributed by atoms with E-state index < -0.39 is 24.3 Å². The molecular weight excluding hydrogens is 935 g/mol. The Kier molecular flexibility index (Phi) is 54.4. The Balaban J connectivity index is 4.12. The molecule has 0 aromatic heterocycles. The molecule has 0 aromatic carbocycles. The fourth-order valence-electron chi connectivity index (χ4n) is 8.68. The minimum Gasteiger partial charge on any atom is -0.545 e. The number of unbranched alkanes of at least 4 members (excludes halogenated alkanes) is 30. The van der Waals surface area contributed by atoms with E-state index in [1.54, 1.807) is 0 Å². The molecule has 0 heterocycles. The highest BCUT2D eigenvalue weighted by Gasteiger charge is 2.22. The first kappa shape index (κ1) is 71.7. The number of rotatable bonds is 57. The SMILES string of the molecule is CC/C=C\C/C=C\C/C=C\C/C=C\C/C=C\CCCCCCCCCCCCCCCCCCCC(=O)OC(COC(=O)CCCCCCCCC/C=C\CCCCCCCC)COC(OCC[N+](C)(C)C)C(=O)[O-]. The summed E-state index contributed by atoms with van der Waals surface area (Å²) < 4.78 is 22.7. The van der Waals surface area contributed by atoms with Crippen LogP contribution in [0, 0.1) is 0 Å². The zero-order valence-corrected chi connectivity index (χ0v) is 49.4. The van der Waals surface area contributed by atoms with Crippen molar-refractivity contribution in [1.82, 2.24) is 0 Å². The highest BCUT2D eigenvalue weighted by molar-refractivity contribution is 5.70. The molecule has 0 aliphatic heterocycles. The van der Waals surface area contributed by atoms with E-state index in [4.69, 9.17) is 18.9 Å². The number of nitrogens with zero attached hydrogens (tertiary/aromatic N) is 1. The Labute approximate surface area is 462 Å². The molecule has 2 unspecified atom stereocenters. The van der Waals surface area contributed by atoms with Crippen LogP contribution in [0.4, 0.5) is 0 Å². The van der Waals surface area contributed by atoms with Crippen LogP contribution in [0.15, 0.2) is 72.9 Å². The third-order valence-electron chi connectivity index (χ3n) is 13.4. The molecule has 0 aromatic rings. The van der Waals surface area contributed by atoms with E-state index in [0.717, 1.165) is 70.6 Å². The third-order valence-corrected chi connectivity index (χ3v) is 13.4. The molecule has 0 radical (unpaired) electrons. The standard InChI is InChI=1S/C66H117NO8/c1-6-8-10-12-14-16-18-20-22-24-25-26-27-28-29-30-31-32-33-34-35-36-37-38-39-41-43-45-47-49-51-53-55-57-64(69)75-62(61-74-66(65(70)71)72-59-58-67(3,4)5)60-73-63(68)56-54-52-50-48-46-44-42-40-23-21-19-17-15-13-11-9-7-2/h8,10,14,16,20-23,25-26,28-29,62,66H,6-7,9,11-13,15,17-19,24,27,30-61H2,1-5H3/b10-8-,16-14-,22-20-,23-21-,26-25-,29-28-. The van der Waals surface area contributed by atoms with Gasteiger partial charge in [-0.3, -0.25) is 9.59 Å². The summed E-state index contributed by atoms with van der Waals surface area (Å²) in [6.07, 6.45) is 71.0. The van der Waals surface area contributed by atoms with Crippen LogP contribution in [-0.2, 0) is 33.3 Å². The minimum absolute atomic E-state index is 0.146. The topological polar surface area (TPSA) is 111 Å². The molecule has 0 N–H and O–H groups in total. The lowest BCUT2D eigenvalue weighted by Crippen LogP contribution is -2.44. The van der Waals surface area contributed by atoms with Gasteiger partial charge in [-0.25, -0.2) is 0 Å². The molecule has 0 bridgehead atoms. The summed E-state index contributed by atoms with van der Waals surface area (Å²) in [5.74, 6) is -2.28. The maximum atomic E-state index is 12.9. The number of likely N-dealkylation sites (N-methyl/N-ethyl adjacent to an activating group) is 1. The molecule has 0 aliphatic rings. The molecule has 0 amide bonds. The van der Waals surface area contributed by atoms with E-state index >= 15 is 0 Å². The van der Waals surface area contributed by atoms with Gasteiger partial charge in [0.25, 0.3) is 0 Å². The molecular formula is C66H117NO8. The summed E-state index contributed by atoms with van der Waals surface area (Å²) in [6.45, 7) is 4.65. The van der Waals surface area contributed by atoms with Gasteiger partial charge < -0.3 is 33.3 Å². The second-order valence-electron chi connectivity index (χ2n) is 22.0. The quantitative estimate of drug-likeness (QED) is 0.0195. The summed E-state index contributed by atoms with van der Waals surface area (Å²) >= 11 is 0. The zero-order valence-electron chi connectivity index (χ0n) is 49.4. The Morgan fingerprint density at radius 2 is 0.760 bits per heavy atom. The van der Waals surface area contributed by atoms with Crippen molar-refractivity contribution in [3.8, 4) is 0 Å². The van der Waals surface area contributed by atoms with Gasteiger partial charge in [0.2, 0.25) is 0 Å². The van der Waals surface area contributed by atoms with E-state index in [1.807, 2.05) is 21.1 Å². The number of carbonyl (C=O) groups excluding carboxylic acids is 3. The molecule has 9 nitrogen and oxygen atoms in total. The third kappa shape index (κ3) is 58.3. The van der Waals surface area contributed by atoms with Gasteiger partial charge in [-0.15, -0.1) is 0 Å². The van der Waals surface area contributed by atoms with Gasteiger partial charge in [-0.05, 0) is 83.5 Å². The first-order chi connectivity index (χ1) is 36.6. The first-order valence-electron chi connectivity index (χ1n) is 31.1. The molecule has 0 saturated heterocycles. The van der Waals surface area contributed by atoms with Crippen LogP contribution < -0.4 is 5.11 Å². The highest BCUT2D eigenvalue weighted by atomic mass is 16.7. The number of allylic oxidation sites excluding steroid dienone is 12. The molecule has 0 saturated carbocycles. The van der Waals surface area contributed by atoms with Crippen LogP contribution in [0.2, 0.25) is 0 Å². The highest BCUT2D eigenvalue weighted by Crippen LogP contribution is 2.17. The van der Waals surface area contributed by atoms with E-state index in [0.29, 0.717) is 17.4 Å². The molecule has 9 heteroatoms. The monoisotopic (exact) mass is 1050 g/mol. The second kappa shape index (κ2) is 56.9. The van der Waals surface area contributed by atoms with Gasteiger partial charge in [-0.2, -0.15) is 0 Å². The van der Waals surface area contributed by atoms with Crippen molar-refractivity contribution in [1.29, 1.82) is 0 Å². The maximum absolute atomic E-state index is 12.9. The van der Waals surface area contributed by atoms with E-state index in [2.05, 4.69) is 86.8 Å². The fourth-order valence-corrected chi connectivity index (χ4v) is 8.68. The average Bonchev–Trinajstić information content (AvgIpc) is 3.38. The number of carboxylic acids is 1. The summed E-state index contributed by atoms with van der Waals surface area (Å²) in [7, 11) is 5.93. The van der Waals surface area contributed by atoms with Crippen molar-refractivity contribution in [2.75, 3.05) is 47.5 Å². The Morgan fingerprint density at radius 3 is 1.15 bits per heavy atom. The summed E-state index contributed by atoms with van der Waals surface area (Å²) in [6, 6.07) is 0. The fraction of sp³-hybridized carbons (Fsp3) is 0.773. The van der Waals surface area contributed by atoms with Crippen LogP contribution in [0.1, 0.15) is 271 Å². The van der Waals surface area contributed by atoms with Crippen LogP contribution in [0.5, 0.6) is 0 Å².